The highest BCUT2D eigenvalue weighted by Crippen LogP contribution is 2.36. The number of nitrogens with one attached hydrogen (secondary N) is 1. The van der Waals surface area contributed by atoms with Gasteiger partial charge < -0.3 is 24.3 Å². The lowest BCUT2D eigenvalue weighted by molar-refractivity contribution is -0.160. The van der Waals surface area contributed by atoms with Crippen LogP contribution < -0.4 is 14.8 Å². The number of carbonyl (C=O) groups is 2. The molecule has 3 aromatic carbocycles. The van der Waals surface area contributed by atoms with Crippen molar-refractivity contribution in [2.45, 2.75) is 43.9 Å². The summed E-state index contributed by atoms with van der Waals surface area (Å²) in [5.74, 6) is 0.655. The molecule has 7 rings (SSSR count). The van der Waals surface area contributed by atoms with Crippen LogP contribution in [0.15, 0.2) is 85.2 Å². The summed E-state index contributed by atoms with van der Waals surface area (Å²) < 4.78 is 23.1. The minimum Gasteiger partial charge on any atom is -0.493 e. The first kappa shape index (κ1) is 34.5. The van der Waals surface area contributed by atoms with Crippen LogP contribution in [0.5, 0.6) is 11.5 Å². The van der Waals surface area contributed by atoms with Gasteiger partial charge in [0.1, 0.15) is 12.2 Å². The predicted octanol–water partition coefficient (Wildman–Crippen LogP) is 7.27. The van der Waals surface area contributed by atoms with Crippen LogP contribution >= 0.6 is 23.2 Å². The number of fused-ring (bicyclic) bond motifs is 3. The van der Waals surface area contributed by atoms with Gasteiger partial charge >= 0.3 is 11.9 Å². The summed E-state index contributed by atoms with van der Waals surface area (Å²) >= 11 is 12.9. The topological polar surface area (TPSA) is 99.2 Å². The third-order valence-electron chi connectivity index (χ3n) is 9.21. The van der Waals surface area contributed by atoms with Gasteiger partial charge in [-0.25, -0.2) is 4.79 Å². The standard InChI is InChI=1S/C38H39Cl2N3O6/c1-46-32-12-11-27(19-34(32)47-2)33(20-29-30(39)21-41-22-31(29)40)48-36(44)18-24-7-6-10-28(17-24)42-37(26-8-4-3-5-9-26)38(45)49-35-23-43-15-13-25(35)14-16-43/h3-12,17,19,21-22,25,33,35,37,42H,13-16,18,20,23H2,1-2H3/t33?,35-,37?/m0/s1. The molecule has 2 bridgehead atoms. The molecule has 1 aromatic heterocycles. The molecule has 11 heteroatoms. The van der Waals surface area contributed by atoms with Gasteiger partial charge in [0, 0.05) is 31.0 Å². The Morgan fingerprint density at radius 2 is 1.63 bits per heavy atom. The van der Waals surface area contributed by atoms with Crippen molar-refractivity contribution in [1.82, 2.24) is 9.88 Å². The minimum atomic E-state index is -0.741. The third kappa shape index (κ3) is 8.47. The predicted molar refractivity (Wildman–Crippen MR) is 188 cm³/mol. The molecular weight excluding hydrogens is 665 g/mol. The molecule has 0 radical (unpaired) electrons. The van der Waals surface area contributed by atoms with Crippen molar-refractivity contribution in [2.24, 2.45) is 5.92 Å². The number of benzene rings is 3. The second-order valence-electron chi connectivity index (χ2n) is 12.4. The lowest BCUT2D eigenvalue weighted by Gasteiger charge is -2.44. The van der Waals surface area contributed by atoms with Crippen LogP contribution in [0.2, 0.25) is 10.0 Å². The number of hydrogen-bond acceptors (Lipinski definition) is 9. The number of esters is 2. The van der Waals surface area contributed by atoms with Gasteiger partial charge in [-0.15, -0.1) is 0 Å². The van der Waals surface area contributed by atoms with Crippen molar-refractivity contribution in [3.05, 3.63) is 117 Å². The summed E-state index contributed by atoms with van der Waals surface area (Å²) in [6.45, 7) is 2.91. The van der Waals surface area contributed by atoms with Crippen LogP contribution in [-0.2, 0) is 31.9 Å². The largest absolute Gasteiger partial charge is 0.493 e. The van der Waals surface area contributed by atoms with Crippen LogP contribution in [0.25, 0.3) is 0 Å². The molecular formula is C38H39Cl2N3O6. The zero-order valence-corrected chi connectivity index (χ0v) is 29.0. The summed E-state index contributed by atoms with van der Waals surface area (Å²) in [6.07, 6.45) is 4.45. The van der Waals surface area contributed by atoms with E-state index in [1.807, 2.05) is 60.7 Å². The number of anilines is 1. The average Bonchev–Trinajstić information content (AvgIpc) is 3.12. The van der Waals surface area contributed by atoms with Crippen molar-refractivity contribution >= 4 is 40.8 Å². The zero-order chi connectivity index (χ0) is 34.3. The molecule has 49 heavy (non-hydrogen) atoms. The van der Waals surface area contributed by atoms with E-state index in [-0.39, 0.29) is 24.9 Å². The smallest absolute Gasteiger partial charge is 0.333 e. The Labute approximate surface area is 296 Å². The minimum absolute atomic E-state index is 0.0167. The average molecular weight is 705 g/mol. The molecule has 3 atom stereocenters. The van der Waals surface area contributed by atoms with Gasteiger partial charge in [0.2, 0.25) is 0 Å². The molecule has 9 nitrogen and oxygen atoms in total. The normalized spacial score (nSPS) is 19.4. The molecule has 0 aliphatic carbocycles. The number of pyridine rings is 1. The highest BCUT2D eigenvalue weighted by molar-refractivity contribution is 6.35. The maximum Gasteiger partial charge on any atom is 0.333 e. The zero-order valence-electron chi connectivity index (χ0n) is 27.4. The number of methoxy groups -OCH3 is 2. The highest BCUT2D eigenvalue weighted by Gasteiger charge is 2.38. The lowest BCUT2D eigenvalue weighted by atomic mass is 9.86. The SMILES string of the molecule is COc1ccc(C(Cc2c(Cl)cncc2Cl)OC(=O)Cc2cccc(NC(C(=O)O[C@H]3CN4CCC3CC4)c3ccccc3)c2)cc1OC. The number of halogens is 2. The molecule has 1 N–H and O–H groups in total. The van der Waals surface area contributed by atoms with Crippen molar-refractivity contribution in [2.75, 3.05) is 39.2 Å². The molecule has 256 valence electrons. The molecule has 4 aromatic rings. The second kappa shape index (κ2) is 15.9. The van der Waals surface area contributed by atoms with Crippen LogP contribution in [-0.4, -0.2) is 61.8 Å². The molecule has 3 saturated heterocycles. The quantitative estimate of drug-likeness (QED) is 0.144. The summed E-state index contributed by atoms with van der Waals surface area (Å²) in [5.41, 5.74) is 3.46. The first-order valence-corrected chi connectivity index (χ1v) is 17.1. The number of hydrogen-bond donors (Lipinski definition) is 1. The molecule has 0 saturated carbocycles. The number of aromatic nitrogens is 1. The fourth-order valence-electron chi connectivity index (χ4n) is 6.59. The maximum atomic E-state index is 13.7. The summed E-state index contributed by atoms with van der Waals surface area (Å²) in [4.78, 5) is 33.6. The summed E-state index contributed by atoms with van der Waals surface area (Å²) in [6, 6.07) is 21.6. The van der Waals surface area contributed by atoms with Gasteiger partial charge in [0.15, 0.2) is 17.5 Å². The Balaban J connectivity index is 1.19. The fraction of sp³-hybridized carbons (Fsp3) is 0.342. The summed E-state index contributed by atoms with van der Waals surface area (Å²) in [7, 11) is 3.10. The Morgan fingerprint density at radius 3 is 2.31 bits per heavy atom. The van der Waals surface area contributed by atoms with Crippen LogP contribution in [0, 0.1) is 5.92 Å². The molecule has 3 fully saturated rings. The molecule has 4 heterocycles. The van der Waals surface area contributed by atoms with Crippen molar-refractivity contribution in [3.8, 4) is 11.5 Å². The van der Waals surface area contributed by atoms with E-state index in [0.717, 1.165) is 38.0 Å². The van der Waals surface area contributed by atoms with Gasteiger partial charge in [-0.2, -0.15) is 0 Å². The van der Waals surface area contributed by atoms with E-state index in [2.05, 4.69) is 15.2 Å². The first-order chi connectivity index (χ1) is 23.8. The maximum absolute atomic E-state index is 13.7. The van der Waals surface area contributed by atoms with Crippen LogP contribution in [0.3, 0.4) is 0 Å². The van der Waals surface area contributed by atoms with E-state index in [1.165, 1.54) is 12.4 Å². The lowest BCUT2D eigenvalue weighted by Crippen LogP contribution is -2.52. The van der Waals surface area contributed by atoms with Crippen molar-refractivity contribution < 1.29 is 28.5 Å². The molecule has 0 spiro atoms. The Kier molecular flexibility index (Phi) is 11.2. The fourth-order valence-corrected chi connectivity index (χ4v) is 7.11. The van der Waals surface area contributed by atoms with E-state index in [4.69, 9.17) is 42.1 Å². The van der Waals surface area contributed by atoms with E-state index < -0.39 is 18.1 Å². The van der Waals surface area contributed by atoms with Crippen molar-refractivity contribution in [3.63, 3.8) is 0 Å². The van der Waals surface area contributed by atoms with Gasteiger partial charge in [-0.05, 0) is 78.4 Å². The number of nitrogens with zero attached hydrogens (tertiary/aromatic N) is 2. The van der Waals surface area contributed by atoms with E-state index in [9.17, 15) is 9.59 Å². The van der Waals surface area contributed by atoms with Gasteiger partial charge in [0.25, 0.3) is 0 Å². The monoisotopic (exact) mass is 703 g/mol. The number of piperidine rings is 3. The van der Waals surface area contributed by atoms with E-state index in [1.54, 1.807) is 26.4 Å². The van der Waals surface area contributed by atoms with E-state index in [0.29, 0.717) is 49.8 Å². The molecule has 3 aliphatic heterocycles. The molecule has 3 aliphatic rings. The highest BCUT2D eigenvalue weighted by atomic mass is 35.5. The van der Waals surface area contributed by atoms with Gasteiger partial charge in [-0.1, -0.05) is 71.7 Å². The number of carbonyl (C=O) groups excluding carboxylic acids is 2. The second-order valence-corrected chi connectivity index (χ2v) is 13.2. The van der Waals surface area contributed by atoms with Crippen molar-refractivity contribution in [1.29, 1.82) is 0 Å². The molecule has 2 unspecified atom stereocenters. The Hall–Kier alpha value is -4.31. The summed E-state index contributed by atoms with van der Waals surface area (Å²) in [5, 5.41) is 4.11. The number of ether oxygens (including phenoxy) is 4. The Morgan fingerprint density at radius 1 is 0.898 bits per heavy atom. The number of rotatable bonds is 13. The first-order valence-electron chi connectivity index (χ1n) is 16.3. The third-order valence-corrected chi connectivity index (χ3v) is 9.87. The Bertz CT molecular complexity index is 1750. The molecule has 0 amide bonds. The van der Waals surface area contributed by atoms with Crippen LogP contribution in [0.4, 0.5) is 5.69 Å². The van der Waals surface area contributed by atoms with E-state index >= 15 is 0 Å². The van der Waals surface area contributed by atoms with Crippen LogP contribution in [0.1, 0.15) is 47.2 Å². The van der Waals surface area contributed by atoms with Gasteiger partial charge in [-0.3, -0.25) is 14.7 Å². The van der Waals surface area contributed by atoms with Gasteiger partial charge in [0.05, 0.1) is 30.7 Å².